The van der Waals surface area contributed by atoms with Gasteiger partial charge in [0, 0.05) is 6.54 Å². The number of amides is 4. The number of nitrogens with zero attached hydrogens (tertiary/aromatic N) is 1. The predicted octanol–water partition coefficient (Wildman–Crippen LogP) is -3.45. The molecule has 188 valence electrons. The van der Waals surface area contributed by atoms with Crippen molar-refractivity contribution < 1.29 is 29.1 Å². The van der Waals surface area contributed by atoms with Crippen molar-refractivity contribution in [1.82, 2.24) is 16.0 Å². The number of hydrogen-bond acceptors (Lipinski definition) is 8. The lowest BCUT2D eigenvalue weighted by Gasteiger charge is -2.23. The number of aliphatic imine (C=N–C) groups is 1. The average Bonchev–Trinajstić information content (AvgIpc) is 2.71. The average molecular weight is 491 g/mol. The Kier molecular flexibility index (Phi) is 14.2. The molecule has 0 aliphatic heterocycles. The molecule has 0 fully saturated rings. The number of guanidine groups is 1. The van der Waals surface area contributed by atoms with E-state index in [1.165, 1.54) is 18.7 Å². The highest BCUT2D eigenvalue weighted by Gasteiger charge is 2.28. The van der Waals surface area contributed by atoms with Crippen molar-refractivity contribution in [1.29, 1.82) is 0 Å². The smallest absolute Gasteiger partial charge is 0.326 e. The van der Waals surface area contributed by atoms with Crippen LogP contribution in [0.15, 0.2) is 4.99 Å². The Hall–Kier alpha value is -3.07. The molecule has 14 nitrogen and oxygen atoms in total. The molecule has 0 aromatic heterocycles. The van der Waals surface area contributed by atoms with E-state index in [1.54, 1.807) is 6.26 Å². The maximum atomic E-state index is 12.7. The molecule has 0 aromatic rings. The molecule has 0 rings (SSSR count). The Morgan fingerprint density at radius 3 is 2.06 bits per heavy atom. The van der Waals surface area contributed by atoms with Crippen LogP contribution in [0.2, 0.25) is 0 Å². The molecular weight excluding hydrogens is 456 g/mol. The standard InChI is InChI=1S/C18H34N8O6S/c1-9(24-15(29)10(19)8-13(20)27)14(28)25-11(4-3-6-23-18(21)22)16(30)26-12(17(31)32)5-7-33-2/h9-12H,3-8,19H2,1-2H3,(H2,20,27)(H,24,29)(H,25,28)(H,26,30)(H,31,32)(H4,21,22,23). The zero-order valence-corrected chi connectivity index (χ0v) is 19.5. The number of primary amides is 1. The summed E-state index contributed by atoms with van der Waals surface area (Å²) in [5, 5.41) is 16.6. The zero-order valence-electron chi connectivity index (χ0n) is 18.7. The van der Waals surface area contributed by atoms with Gasteiger partial charge in [-0.2, -0.15) is 11.8 Å². The Morgan fingerprint density at radius 1 is 0.939 bits per heavy atom. The third kappa shape index (κ3) is 13.2. The van der Waals surface area contributed by atoms with Gasteiger partial charge in [0.25, 0.3) is 0 Å². The number of carboxylic acid groups (broad SMARTS) is 1. The molecule has 4 amide bonds. The highest BCUT2D eigenvalue weighted by atomic mass is 32.2. The molecule has 0 aromatic carbocycles. The summed E-state index contributed by atoms with van der Waals surface area (Å²) in [7, 11) is 0. The van der Waals surface area contributed by atoms with E-state index in [0.29, 0.717) is 12.2 Å². The SMILES string of the molecule is CSCCC(NC(=O)C(CCCN=C(N)N)NC(=O)C(C)NC(=O)C(N)CC(N)=O)C(=O)O. The molecule has 0 saturated carbocycles. The summed E-state index contributed by atoms with van der Waals surface area (Å²) in [6.07, 6.45) is 2.01. The molecule has 0 bridgehead atoms. The van der Waals surface area contributed by atoms with Gasteiger partial charge in [0.2, 0.25) is 23.6 Å². The van der Waals surface area contributed by atoms with Crippen molar-refractivity contribution in [3.63, 3.8) is 0 Å². The second-order valence-electron chi connectivity index (χ2n) is 7.20. The van der Waals surface area contributed by atoms with E-state index in [2.05, 4.69) is 20.9 Å². The Labute approximate surface area is 196 Å². The fourth-order valence-corrected chi connectivity index (χ4v) is 3.00. The van der Waals surface area contributed by atoms with Crippen molar-refractivity contribution in [3.05, 3.63) is 0 Å². The lowest BCUT2D eigenvalue weighted by atomic mass is 10.1. The lowest BCUT2D eigenvalue weighted by molar-refractivity contribution is -0.142. The molecule has 4 atom stereocenters. The van der Waals surface area contributed by atoms with Crippen LogP contribution in [0.4, 0.5) is 0 Å². The molecule has 0 saturated heterocycles. The summed E-state index contributed by atoms with van der Waals surface area (Å²) in [5.41, 5.74) is 21.1. The maximum absolute atomic E-state index is 12.7. The molecule has 0 heterocycles. The van der Waals surface area contributed by atoms with Crippen LogP contribution in [0.5, 0.6) is 0 Å². The van der Waals surface area contributed by atoms with Crippen LogP contribution in [-0.4, -0.2) is 83.4 Å². The van der Waals surface area contributed by atoms with Crippen LogP contribution in [0, 0.1) is 0 Å². The van der Waals surface area contributed by atoms with Gasteiger partial charge in [-0.15, -0.1) is 0 Å². The van der Waals surface area contributed by atoms with Crippen LogP contribution in [0.25, 0.3) is 0 Å². The number of carbonyl (C=O) groups is 5. The van der Waals surface area contributed by atoms with E-state index in [1.807, 2.05) is 0 Å². The first kappa shape index (κ1) is 29.9. The van der Waals surface area contributed by atoms with Crippen LogP contribution in [0.1, 0.15) is 32.6 Å². The lowest BCUT2D eigenvalue weighted by Crippen LogP contribution is -2.56. The number of carboxylic acids is 1. The number of aliphatic carboxylic acids is 1. The predicted molar refractivity (Wildman–Crippen MR) is 124 cm³/mol. The minimum Gasteiger partial charge on any atom is -0.480 e. The molecular formula is C18H34N8O6S. The minimum absolute atomic E-state index is 0.102. The van der Waals surface area contributed by atoms with Crippen LogP contribution in [-0.2, 0) is 24.0 Å². The van der Waals surface area contributed by atoms with Gasteiger partial charge in [0.05, 0.1) is 12.5 Å². The van der Waals surface area contributed by atoms with Crippen LogP contribution < -0.4 is 38.9 Å². The van der Waals surface area contributed by atoms with Crippen molar-refractivity contribution in [2.24, 2.45) is 27.9 Å². The maximum Gasteiger partial charge on any atom is 0.326 e. The number of rotatable bonds is 16. The van der Waals surface area contributed by atoms with Gasteiger partial charge in [-0.3, -0.25) is 24.2 Å². The number of nitrogens with two attached hydrogens (primary N) is 4. The topological polar surface area (TPSA) is 258 Å². The third-order valence-corrected chi connectivity index (χ3v) is 4.96. The number of hydrogen-bond donors (Lipinski definition) is 8. The van der Waals surface area contributed by atoms with E-state index in [-0.39, 0.29) is 25.3 Å². The van der Waals surface area contributed by atoms with Crippen LogP contribution in [0.3, 0.4) is 0 Å². The molecule has 4 unspecified atom stereocenters. The highest BCUT2D eigenvalue weighted by molar-refractivity contribution is 7.98. The van der Waals surface area contributed by atoms with Gasteiger partial charge < -0.3 is 44.0 Å². The Balaban J connectivity index is 5.22. The monoisotopic (exact) mass is 490 g/mol. The molecule has 12 N–H and O–H groups in total. The van der Waals surface area contributed by atoms with Gasteiger partial charge in [0.1, 0.15) is 18.1 Å². The highest BCUT2D eigenvalue weighted by Crippen LogP contribution is 2.05. The summed E-state index contributed by atoms with van der Waals surface area (Å²) >= 11 is 1.43. The fraction of sp³-hybridized carbons (Fsp3) is 0.667. The summed E-state index contributed by atoms with van der Waals surface area (Å²) in [6, 6.07) is -4.58. The molecule has 15 heteroatoms. The second kappa shape index (κ2) is 15.7. The number of nitrogens with one attached hydrogen (secondary N) is 3. The molecule has 0 aliphatic rings. The van der Waals surface area contributed by atoms with E-state index in [0.717, 1.165) is 0 Å². The minimum atomic E-state index is -1.23. The first-order valence-electron chi connectivity index (χ1n) is 10.1. The summed E-state index contributed by atoms with van der Waals surface area (Å²) in [5.74, 6) is -3.79. The first-order valence-corrected chi connectivity index (χ1v) is 11.5. The van der Waals surface area contributed by atoms with Crippen molar-refractivity contribution >= 4 is 47.3 Å². The third-order valence-electron chi connectivity index (χ3n) is 4.31. The normalized spacial score (nSPS) is 14.2. The Morgan fingerprint density at radius 2 is 1.55 bits per heavy atom. The zero-order chi connectivity index (χ0) is 25.6. The van der Waals surface area contributed by atoms with E-state index in [4.69, 9.17) is 22.9 Å². The molecule has 0 aliphatic carbocycles. The van der Waals surface area contributed by atoms with Crippen molar-refractivity contribution in [3.8, 4) is 0 Å². The molecule has 33 heavy (non-hydrogen) atoms. The molecule has 0 spiro atoms. The van der Waals surface area contributed by atoms with Gasteiger partial charge in [-0.1, -0.05) is 0 Å². The van der Waals surface area contributed by atoms with Gasteiger partial charge in [-0.25, -0.2) is 4.79 Å². The van der Waals surface area contributed by atoms with Crippen LogP contribution >= 0.6 is 11.8 Å². The molecule has 0 radical (unpaired) electrons. The Bertz CT molecular complexity index is 731. The number of carbonyl (C=O) groups excluding carboxylic acids is 4. The van der Waals surface area contributed by atoms with E-state index in [9.17, 15) is 29.1 Å². The van der Waals surface area contributed by atoms with E-state index < -0.39 is 60.2 Å². The summed E-state index contributed by atoms with van der Waals surface area (Å²) in [6.45, 7) is 1.54. The van der Waals surface area contributed by atoms with Gasteiger partial charge in [0.15, 0.2) is 5.96 Å². The quantitative estimate of drug-likeness (QED) is 0.0602. The second-order valence-corrected chi connectivity index (χ2v) is 8.18. The first-order chi connectivity index (χ1) is 15.4. The fourth-order valence-electron chi connectivity index (χ4n) is 2.53. The van der Waals surface area contributed by atoms with Crippen molar-refractivity contribution in [2.45, 2.75) is 56.8 Å². The van der Waals surface area contributed by atoms with Gasteiger partial charge >= 0.3 is 5.97 Å². The van der Waals surface area contributed by atoms with E-state index >= 15 is 0 Å². The number of thioether (sulfide) groups is 1. The van der Waals surface area contributed by atoms with Gasteiger partial charge in [-0.05, 0) is 38.2 Å². The summed E-state index contributed by atoms with van der Waals surface area (Å²) < 4.78 is 0. The van der Waals surface area contributed by atoms with Crippen molar-refractivity contribution in [2.75, 3.05) is 18.6 Å². The summed E-state index contributed by atoms with van der Waals surface area (Å²) in [4.78, 5) is 63.4. The largest absolute Gasteiger partial charge is 0.480 e.